The van der Waals surface area contributed by atoms with E-state index in [0.29, 0.717) is 26.1 Å². The number of aromatic nitrogens is 1. The van der Waals surface area contributed by atoms with Crippen LogP contribution in [-0.2, 0) is 11.8 Å². The fourth-order valence-electron chi connectivity index (χ4n) is 1.79. The molecule has 0 aliphatic heterocycles. The van der Waals surface area contributed by atoms with Crippen molar-refractivity contribution in [3.05, 3.63) is 39.0 Å². The molecule has 3 nitrogen and oxygen atoms in total. The number of carboxylic acid groups (broad SMARTS) is 1. The van der Waals surface area contributed by atoms with Gasteiger partial charge in [0.15, 0.2) is 0 Å². The van der Waals surface area contributed by atoms with Gasteiger partial charge in [-0.3, -0.25) is 0 Å². The van der Waals surface area contributed by atoms with E-state index in [1.54, 1.807) is 23.7 Å². The Morgan fingerprint density at radius 2 is 2.00 bits per heavy atom. The molecule has 2 rings (SSSR count). The lowest BCUT2D eigenvalue weighted by Crippen LogP contribution is -1.87. The van der Waals surface area contributed by atoms with Crippen LogP contribution < -0.4 is 0 Å². The second-order valence-electron chi connectivity index (χ2n) is 3.72. The molecule has 6 heteroatoms. The van der Waals surface area contributed by atoms with Gasteiger partial charge in [0.05, 0.1) is 10.5 Å². The fourth-order valence-corrected chi connectivity index (χ4v) is 2.62. The first-order valence-corrected chi connectivity index (χ1v) is 6.09. The summed E-state index contributed by atoms with van der Waals surface area (Å²) in [6.07, 6.45) is 2.44. The third kappa shape index (κ3) is 2.21. The average molecular weight is 305 g/mol. The van der Waals surface area contributed by atoms with Crippen LogP contribution in [0.1, 0.15) is 5.56 Å². The Kier molecular flexibility index (Phi) is 3.57. The molecule has 0 fully saturated rings. The Hall–Kier alpha value is -1.16. The molecule has 0 aliphatic rings. The van der Waals surface area contributed by atoms with Gasteiger partial charge in [-0.2, -0.15) is 0 Å². The number of benzene rings is 1. The van der Waals surface area contributed by atoms with E-state index in [0.717, 1.165) is 11.6 Å². The molecule has 94 valence electrons. The molecule has 2 aromatic rings. The van der Waals surface area contributed by atoms with E-state index in [2.05, 4.69) is 0 Å². The normalized spacial score (nSPS) is 11.6. The number of fused-ring (bicyclic) bond motifs is 1. The average Bonchev–Trinajstić information content (AvgIpc) is 2.51. The van der Waals surface area contributed by atoms with E-state index in [1.807, 2.05) is 0 Å². The van der Waals surface area contributed by atoms with Gasteiger partial charge in [-0.15, -0.1) is 0 Å². The predicted octanol–water partition coefficient (Wildman–Crippen LogP) is 4.24. The number of hydrogen-bond donors (Lipinski definition) is 1. The van der Waals surface area contributed by atoms with Crippen LogP contribution in [0.5, 0.6) is 0 Å². The van der Waals surface area contributed by atoms with Crippen molar-refractivity contribution in [2.75, 3.05) is 0 Å². The van der Waals surface area contributed by atoms with Crippen LogP contribution in [0, 0.1) is 0 Å². The van der Waals surface area contributed by atoms with Crippen molar-refractivity contribution in [3.8, 4) is 0 Å². The maximum absolute atomic E-state index is 10.6. The van der Waals surface area contributed by atoms with E-state index < -0.39 is 5.97 Å². The highest BCUT2D eigenvalue weighted by atomic mass is 35.5. The lowest BCUT2D eigenvalue weighted by molar-refractivity contribution is -0.131. The van der Waals surface area contributed by atoms with Gasteiger partial charge in [0.2, 0.25) is 0 Å². The van der Waals surface area contributed by atoms with Crippen LogP contribution in [0.4, 0.5) is 0 Å². The van der Waals surface area contributed by atoms with Gasteiger partial charge in [0, 0.05) is 29.1 Å². The Morgan fingerprint density at radius 1 is 1.33 bits per heavy atom. The molecule has 0 bridgehead atoms. The minimum Gasteiger partial charge on any atom is -0.478 e. The van der Waals surface area contributed by atoms with Crippen molar-refractivity contribution in [1.82, 2.24) is 4.57 Å². The predicted molar refractivity (Wildman–Crippen MR) is 74.6 cm³/mol. The highest BCUT2D eigenvalue weighted by Gasteiger charge is 2.15. The van der Waals surface area contributed by atoms with Crippen LogP contribution in [-0.4, -0.2) is 15.6 Å². The highest BCUT2D eigenvalue weighted by molar-refractivity contribution is 6.41. The third-order valence-corrected chi connectivity index (χ3v) is 3.55. The molecular formula is C12H8Cl3NO2. The van der Waals surface area contributed by atoms with Gasteiger partial charge in [-0.1, -0.05) is 34.8 Å². The Bertz CT molecular complexity index is 674. The van der Waals surface area contributed by atoms with Crippen LogP contribution in [0.25, 0.3) is 17.0 Å². The summed E-state index contributed by atoms with van der Waals surface area (Å²) < 4.78 is 1.70. The Morgan fingerprint density at radius 3 is 2.61 bits per heavy atom. The topological polar surface area (TPSA) is 42.2 Å². The van der Waals surface area contributed by atoms with Crippen LogP contribution in [0.2, 0.25) is 15.2 Å². The monoisotopic (exact) mass is 303 g/mol. The summed E-state index contributed by atoms with van der Waals surface area (Å²) in [5, 5.41) is 10.7. The molecule has 1 aromatic heterocycles. The second-order valence-corrected chi connectivity index (χ2v) is 4.92. The molecule has 1 aromatic carbocycles. The zero-order valence-electron chi connectivity index (χ0n) is 9.25. The van der Waals surface area contributed by atoms with Crippen molar-refractivity contribution in [2.45, 2.75) is 0 Å². The second kappa shape index (κ2) is 4.84. The van der Waals surface area contributed by atoms with Crippen LogP contribution >= 0.6 is 34.8 Å². The molecule has 0 radical (unpaired) electrons. The molecule has 0 saturated carbocycles. The van der Waals surface area contributed by atoms with Crippen LogP contribution in [0.3, 0.4) is 0 Å². The standard InChI is InChI=1S/C12H8Cl3NO2/c1-16-9-5-6(13)4-8(14)11(9)7(12(16)15)2-3-10(17)18/h2-5H,1H3,(H,17,18)/b3-2+. The van der Waals surface area contributed by atoms with Crippen molar-refractivity contribution in [2.24, 2.45) is 7.05 Å². The van der Waals surface area contributed by atoms with E-state index in [1.165, 1.54) is 6.08 Å². The first-order valence-electron chi connectivity index (χ1n) is 4.95. The molecule has 0 atom stereocenters. The SMILES string of the molecule is Cn1c(Cl)c(/C=C/C(=O)O)c2c(Cl)cc(Cl)cc21. The van der Waals surface area contributed by atoms with Gasteiger partial charge < -0.3 is 9.67 Å². The number of carboxylic acids is 1. The smallest absolute Gasteiger partial charge is 0.328 e. The maximum atomic E-state index is 10.6. The van der Waals surface area contributed by atoms with Gasteiger partial charge in [0.25, 0.3) is 0 Å². The summed E-state index contributed by atoms with van der Waals surface area (Å²) in [5.41, 5.74) is 1.32. The first kappa shape index (κ1) is 13.3. The molecule has 18 heavy (non-hydrogen) atoms. The molecule has 0 saturated heterocycles. The van der Waals surface area contributed by atoms with Crippen molar-refractivity contribution >= 4 is 57.8 Å². The Labute approximate surface area is 118 Å². The third-order valence-electron chi connectivity index (χ3n) is 2.57. The number of aryl methyl sites for hydroxylation is 1. The zero-order chi connectivity index (χ0) is 13.4. The number of rotatable bonds is 2. The summed E-state index contributed by atoms with van der Waals surface area (Å²) in [5.74, 6) is -1.05. The highest BCUT2D eigenvalue weighted by Crippen LogP contribution is 2.37. The van der Waals surface area contributed by atoms with E-state index >= 15 is 0 Å². The lowest BCUT2D eigenvalue weighted by Gasteiger charge is -1.99. The van der Waals surface area contributed by atoms with Crippen molar-refractivity contribution in [3.63, 3.8) is 0 Å². The molecule has 0 spiro atoms. The van der Waals surface area contributed by atoms with E-state index in [-0.39, 0.29) is 0 Å². The molecule has 0 unspecified atom stereocenters. The first-order chi connectivity index (χ1) is 8.41. The zero-order valence-corrected chi connectivity index (χ0v) is 11.5. The number of carbonyl (C=O) groups is 1. The summed E-state index contributed by atoms with van der Waals surface area (Å²) >= 11 is 18.2. The number of hydrogen-bond acceptors (Lipinski definition) is 1. The minimum absolute atomic E-state index is 0.409. The van der Waals surface area contributed by atoms with Gasteiger partial charge in [-0.25, -0.2) is 4.79 Å². The summed E-state index contributed by atoms with van der Waals surface area (Å²) in [7, 11) is 1.76. The molecule has 1 N–H and O–H groups in total. The maximum Gasteiger partial charge on any atom is 0.328 e. The molecule has 0 amide bonds. The summed E-state index contributed by atoms with van der Waals surface area (Å²) in [6, 6.07) is 3.33. The quantitative estimate of drug-likeness (QED) is 0.843. The van der Waals surface area contributed by atoms with Gasteiger partial charge >= 0.3 is 5.97 Å². The lowest BCUT2D eigenvalue weighted by atomic mass is 10.1. The molecule has 1 heterocycles. The van der Waals surface area contributed by atoms with E-state index in [4.69, 9.17) is 39.9 Å². The minimum atomic E-state index is -1.05. The number of halogens is 3. The van der Waals surface area contributed by atoms with Crippen molar-refractivity contribution < 1.29 is 9.90 Å². The van der Waals surface area contributed by atoms with Gasteiger partial charge in [0.1, 0.15) is 5.15 Å². The summed E-state index contributed by atoms with van der Waals surface area (Å²) in [6.45, 7) is 0. The van der Waals surface area contributed by atoms with Crippen molar-refractivity contribution in [1.29, 1.82) is 0 Å². The molecule has 0 aliphatic carbocycles. The van der Waals surface area contributed by atoms with Gasteiger partial charge in [-0.05, 0) is 18.2 Å². The van der Waals surface area contributed by atoms with Crippen LogP contribution in [0.15, 0.2) is 18.2 Å². The number of nitrogens with zero attached hydrogens (tertiary/aromatic N) is 1. The number of aliphatic carboxylic acids is 1. The van der Waals surface area contributed by atoms with E-state index in [9.17, 15) is 4.79 Å². The molecular weight excluding hydrogens is 296 g/mol. The Balaban J connectivity index is 2.81. The summed E-state index contributed by atoms with van der Waals surface area (Å²) in [4.78, 5) is 10.6. The fraction of sp³-hybridized carbons (Fsp3) is 0.0833. The largest absolute Gasteiger partial charge is 0.478 e.